The van der Waals surface area contributed by atoms with Crippen molar-refractivity contribution in [2.75, 3.05) is 26.4 Å². The van der Waals surface area contributed by atoms with E-state index in [1.807, 2.05) is 35.2 Å². The minimum absolute atomic E-state index is 0.0142. The first kappa shape index (κ1) is 20.4. The number of amides is 1. The van der Waals surface area contributed by atoms with Gasteiger partial charge in [-0.25, -0.2) is 0 Å². The van der Waals surface area contributed by atoms with E-state index in [2.05, 4.69) is 11.8 Å². The minimum Gasteiger partial charge on any atom is -0.394 e. The molecular weight excluding hydrogens is 330 g/mol. The van der Waals surface area contributed by atoms with Crippen LogP contribution in [0.4, 0.5) is 0 Å². The predicted octanol–water partition coefficient (Wildman–Crippen LogP) is 1.76. The lowest BCUT2D eigenvalue weighted by atomic mass is 9.94. The van der Waals surface area contributed by atoms with Crippen molar-refractivity contribution in [3.63, 3.8) is 0 Å². The van der Waals surface area contributed by atoms with Gasteiger partial charge in [-0.2, -0.15) is 0 Å². The first-order valence-electron chi connectivity index (χ1n) is 9.36. The summed E-state index contributed by atoms with van der Waals surface area (Å²) < 4.78 is 5.10. The van der Waals surface area contributed by atoms with Crippen molar-refractivity contribution in [1.29, 1.82) is 0 Å². The molecule has 5 nitrogen and oxygen atoms in total. The molecule has 1 aromatic rings. The number of ether oxygens (including phenoxy) is 1. The highest BCUT2D eigenvalue weighted by atomic mass is 16.5. The summed E-state index contributed by atoms with van der Waals surface area (Å²) in [6.07, 6.45) is 4.16. The SMILES string of the molecule is O=C1CCC[C@H](CCC(O)Cc2ccccc2)N1CC#CCOCCO. The van der Waals surface area contributed by atoms with E-state index in [1.54, 1.807) is 0 Å². The van der Waals surface area contributed by atoms with Crippen molar-refractivity contribution in [2.24, 2.45) is 0 Å². The van der Waals surface area contributed by atoms with E-state index < -0.39 is 6.10 Å². The fourth-order valence-electron chi connectivity index (χ4n) is 3.26. The number of piperidine rings is 1. The Morgan fingerprint density at radius 1 is 1.27 bits per heavy atom. The Hall–Kier alpha value is -1.87. The van der Waals surface area contributed by atoms with Gasteiger partial charge in [0.1, 0.15) is 6.61 Å². The monoisotopic (exact) mass is 359 g/mol. The quantitative estimate of drug-likeness (QED) is 0.521. The molecular formula is C21H29NO4. The average Bonchev–Trinajstić information content (AvgIpc) is 2.65. The third kappa shape index (κ3) is 7.17. The van der Waals surface area contributed by atoms with Crippen LogP contribution in [0.3, 0.4) is 0 Å². The van der Waals surface area contributed by atoms with Crippen LogP contribution in [-0.2, 0) is 16.0 Å². The molecule has 1 fully saturated rings. The number of carbonyl (C=O) groups is 1. The minimum atomic E-state index is -0.394. The Balaban J connectivity index is 1.79. The number of rotatable bonds is 9. The molecule has 0 aromatic heterocycles. The summed E-state index contributed by atoms with van der Waals surface area (Å²) in [7, 11) is 0. The van der Waals surface area contributed by atoms with Gasteiger partial charge in [0.2, 0.25) is 5.91 Å². The maximum Gasteiger partial charge on any atom is 0.223 e. The van der Waals surface area contributed by atoms with Crippen molar-refractivity contribution in [3.8, 4) is 11.8 Å². The van der Waals surface area contributed by atoms with Gasteiger partial charge in [0.15, 0.2) is 0 Å². The summed E-state index contributed by atoms with van der Waals surface area (Å²) in [6, 6.07) is 10.1. The summed E-state index contributed by atoms with van der Waals surface area (Å²) in [5.74, 6) is 6.01. The number of hydrogen-bond acceptors (Lipinski definition) is 4. The molecule has 1 aliphatic heterocycles. The Morgan fingerprint density at radius 3 is 2.85 bits per heavy atom. The molecule has 1 aliphatic rings. The van der Waals surface area contributed by atoms with Crippen LogP contribution in [0.25, 0.3) is 0 Å². The molecule has 1 amide bonds. The molecule has 1 saturated heterocycles. The van der Waals surface area contributed by atoms with Crippen LogP contribution < -0.4 is 0 Å². The number of carbonyl (C=O) groups excluding carboxylic acids is 1. The van der Waals surface area contributed by atoms with Gasteiger partial charge in [0.25, 0.3) is 0 Å². The van der Waals surface area contributed by atoms with Crippen LogP contribution in [0.1, 0.15) is 37.7 Å². The Labute approximate surface area is 156 Å². The molecule has 142 valence electrons. The molecule has 0 spiro atoms. The van der Waals surface area contributed by atoms with Gasteiger partial charge in [0, 0.05) is 12.5 Å². The Morgan fingerprint density at radius 2 is 2.08 bits per heavy atom. The molecule has 1 unspecified atom stereocenters. The lowest BCUT2D eigenvalue weighted by Gasteiger charge is -2.35. The molecule has 1 heterocycles. The van der Waals surface area contributed by atoms with Crippen molar-refractivity contribution in [2.45, 2.75) is 50.7 Å². The van der Waals surface area contributed by atoms with Crippen molar-refractivity contribution < 1.29 is 19.7 Å². The zero-order valence-corrected chi connectivity index (χ0v) is 15.3. The standard InChI is InChI=1S/C21H29NO4/c23-14-16-26-15-5-4-13-22-19(9-6-10-21(22)25)11-12-20(24)17-18-7-2-1-3-8-18/h1-3,7-8,19-20,23-24H,6,9-17H2/t19-,20?/m1/s1. The largest absolute Gasteiger partial charge is 0.394 e. The van der Waals surface area contributed by atoms with Crippen LogP contribution >= 0.6 is 0 Å². The Kier molecular flexibility index (Phi) is 9.19. The second-order valence-electron chi connectivity index (χ2n) is 6.62. The lowest BCUT2D eigenvalue weighted by Crippen LogP contribution is -2.44. The summed E-state index contributed by atoms with van der Waals surface area (Å²) in [5, 5.41) is 19.0. The number of aliphatic hydroxyl groups is 2. The second-order valence-corrected chi connectivity index (χ2v) is 6.62. The second kappa shape index (κ2) is 11.7. The van der Waals surface area contributed by atoms with E-state index in [9.17, 15) is 9.90 Å². The fourth-order valence-corrected chi connectivity index (χ4v) is 3.26. The number of aliphatic hydroxyl groups excluding tert-OH is 2. The van der Waals surface area contributed by atoms with Crippen LogP contribution in [0.5, 0.6) is 0 Å². The van der Waals surface area contributed by atoms with Crippen LogP contribution in [-0.4, -0.2) is 59.5 Å². The molecule has 0 aliphatic carbocycles. The smallest absolute Gasteiger partial charge is 0.223 e. The number of benzene rings is 1. The molecule has 26 heavy (non-hydrogen) atoms. The van der Waals surface area contributed by atoms with Gasteiger partial charge in [-0.3, -0.25) is 4.79 Å². The number of hydrogen-bond donors (Lipinski definition) is 2. The zero-order valence-electron chi connectivity index (χ0n) is 15.3. The fraction of sp³-hybridized carbons (Fsp3) is 0.571. The summed E-state index contributed by atoms with van der Waals surface area (Å²) in [6.45, 7) is 0.933. The highest BCUT2D eigenvalue weighted by Crippen LogP contribution is 2.22. The molecule has 0 bridgehead atoms. The van der Waals surface area contributed by atoms with Gasteiger partial charge in [0.05, 0.1) is 25.9 Å². The lowest BCUT2D eigenvalue weighted by molar-refractivity contribution is -0.135. The topological polar surface area (TPSA) is 70.0 Å². The number of likely N-dealkylation sites (tertiary alicyclic amines) is 1. The third-order valence-corrected chi connectivity index (χ3v) is 4.62. The van der Waals surface area contributed by atoms with E-state index in [0.29, 0.717) is 25.8 Å². The first-order chi connectivity index (χ1) is 12.7. The van der Waals surface area contributed by atoms with E-state index >= 15 is 0 Å². The van der Waals surface area contributed by atoms with Gasteiger partial charge in [-0.05, 0) is 37.7 Å². The number of nitrogens with zero attached hydrogens (tertiary/aromatic N) is 1. The molecule has 2 N–H and O–H groups in total. The molecule has 5 heteroatoms. The van der Waals surface area contributed by atoms with Crippen molar-refractivity contribution in [1.82, 2.24) is 4.90 Å². The third-order valence-electron chi connectivity index (χ3n) is 4.62. The van der Waals surface area contributed by atoms with E-state index in [4.69, 9.17) is 9.84 Å². The summed E-state index contributed by atoms with van der Waals surface area (Å²) in [5.41, 5.74) is 1.13. The van der Waals surface area contributed by atoms with Gasteiger partial charge >= 0.3 is 0 Å². The molecule has 0 radical (unpaired) electrons. The normalized spacial score (nSPS) is 18.3. The molecule has 0 saturated carbocycles. The summed E-state index contributed by atoms with van der Waals surface area (Å²) in [4.78, 5) is 14.1. The Bertz CT molecular complexity index is 593. The predicted molar refractivity (Wildman–Crippen MR) is 100 cm³/mol. The van der Waals surface area contributed by atoms with Crippen molar-refractivity contribution in [3.05, 3.63) is 35.9 Å². The molecule has 2 atom stereocenters. The van der Waals surface area contributed by atoms with Crippen LogP contribution in [0.15, 0.2) is 30.3 Å². The summed E-state index contributed by atoms with van der Waals surface area (Å²) >= 11 is 0. The molecule has 2 rings (SSSR count). The van der Waals surface area contributed by atoms with Gasteiger partial charge in [-0.15, -0.1) is 0 Å². The highest BCUT2D eigenvalue weighted by Gasteiger charge is 2.27. The molecule has 1 aromatic carbocycles. The van der Waals surface area contributed by atoms with E-state index in [1.165, 1.54) is 0 Å². The highest BCUT2D eigenvalue weighted by molar-refractivity contribution is 5.77. The van der Waals surface area contributed by atoms with Crippen molar-refractivity contribution >= 4 is 5.91 Å². The average molecular weight is 359 g/mol. The maximum absolute atomic E-state index is 12.2. The van der Waals surface area contributed by atoms with Crippen LogP contribution in [0, 0.1) is 11.8 Å². The maximum atomic E-state index is 12.2. The van der Waals surface area contributed by atoms with Gasteiger partial charge < -0.3 is 19.8 Å². The van der Waals surface area contributed by atoms with Crippen LogP contribution in [0.2, 0.25) is 0 Å². The zero-order chi connectivity index (χ0) is 18.6. The van der Waals surface area contributed by atoms with Gasteiger partial charge in [-0.1, -0.05) is 42.2 Å². The van der Waals surface area contributed by atoms with E-state index in [-0.39, 0.29) is 31.8 Å². The first-order valence-corrected chi connectivity index (χ1v) is 9.36. The van der Waals surface area contributed by atoms with E-state index in [0.717, 1.165) is 24.8 Å².